The van der Waals surface area contributed by atoms with Crippen LogP contribution in [0.4, 0.5) is 21.0 Å². The molecule has 0 fully saturated rings. The summed E-state index contributed by atoms with van der Waals surface area (Å²) in [6.07, 6.45) is 2.36. The molecule has 3 rings (SSSR count). The highest BCUT2D eigenvalue weighted by Gasteiger charge is 2.36. The quantitative estimate of drug-likeness (QED) is 0.375. The number of ether oxygens (including phenoxy) is 1. The molecule has 1 aliphatic heterocycles. The molecule has 4 amide bonds. The van der Waals surface area contributed by atoms with E-state index in [1.807, 2.05) is 37.3 Å². The van der Waals surface area contributed by atoms with Gasteiger partial charge in [0, 0.05) is 23.6 Å². The predicted octanol–water partition coefficient (Wildman–Crippen LogP) is 5.99. The topological polar surface area (TPSA) is 99.8 Å². The average molecular weight is 493 g/mol. The molecule has 1 aliphatic rings. The van der Waals surface area contributed by atoms with Crippen molar-refractivity contribution in [1.82, 2.24) is 10.2 Å². The van der Waals surface area contributed by atoms with Crippen LogP contribution >= 0.6 is 0 Å². The van der Waals surface area contributed by atoms with Gasteiger partial charge in [0.2, 0.25) is 0 Å². The highest BCUT2D eigenvalue weighted by molar-refractivity contribution is 6.00. The van der Waals surface area contributed by atoms with Crippen LogP contribution in [0.25, 0.3) is 0 Å². The van der Waals surface area contributed by atoms with E-state index in [1.165, 1.54) is 5.56 Å². The van der Waals surface area contributed by atoms with Crippen molar-refractivity contribution >= 4 is 29.4 Å². The Kier molecular flexibility index (Phi) is 9.11. The lowest BCUT2D eigenvalue weighted by Crippen LogP contribution is -2.48. The third-order valence-corrected chi connectivity index (χ3v) is 5.99. The maximum absolute atomic E-state index is 13.1. The van der Waals surface area contributed by atoms with Crippen LogP contribution < -0.4 is 16.0 Å². The van der Waals surface area contributed by atoms with Gasteiger partial charge in [0.05, 0.1) is 17.7 Å². The van der Waals surface area contributed by atoms with E-state index in [9.17, 15) is 14.4 Å². The van der Waals surface area contributed by atoms with Crippen LogP contribution in [0.3, 0.4) is 0 Å². The fourth-order valence-corrected chi connectivity index (χ4v) is 4.07. The molecular weight excluding hydrogens is 456 g/mol. The number of esters is 1. The van der Waals surface area contributed by atoms with Gasteiger partial charge in [-0.25, -0.2) is 14.4 Å². The van der Waals surface area contributed by atoms with E-state index in [2.05, 4.69) is 22.9 Å². The number of allylic oxidation sites excluding steroid dienone is 1. The van der Waals surface area contributed by atoms with E-state index in [-0.39, 0.29) is 18.2 Å². The first-order valence-corrected chi connectivity index (χ1v) is 12.5. The minimum absolute atomic E-state index is 0.265. The second-order valence-corrected chi connectivity index (χ2v) is 9.10. The zero-order chi connectivity index (χ0) is 26.2. The van der Waals surface area contributed by atoms with E-state index >= 15 is 0 Å². The fourth-order valence-electron chi connectivity index (χ4n) is 4.07. The highest BCUT2D eigenvalue weighted by atomic mass is 16.5. The first kappa shape index (κ1) is 26.8. The maximum Gasteiger partial charge on any atom is 0.338 e. The van der Waals surface area contributed by atoms with Gasteiger partial charge in [0.15, 0.2) is 0 Å². The van der Waals surface area contributed by atoms with Crippen molar-refractivity contribution in [3.63, 3.8) is 0 Å². The Hall–Kier alpha value is -3.81. The number of nitrogens with zero attached hydrogens (tertiary/aromatic N) is 1. The van der Waals surface area contributed by atoms with Gasteiger partial charge >= 0.3 is 18.0 Å². The maximum atomic E-state index is 13.1. The van der Waals surface area contributed by atoms with Gasteiger partial charge < -0.3 is 20.7 Å². The summed E-state index contributed by atoms with van der Waals surface area (Å²) >= 11 is 0. The van der Waals surface area contributed by atoms with E-state index in [0.717, 1.165) is 19.3 Å². The number of carbonyl (C=O) groups is 3. The van der Waals surface area contributed by atoms with Gasteiger partial charge in [-0.3, -0.25) is 4.90 Å². The molecule has 0 aromatic heterocycles. The van der Waals surface area contributed by atoms with E-state index < -0.39 is 12.0 Å². The minimum atomic E-state index is -0.701. The Morgan fingerprint density at radius 1 is 1.06 bits per heavy atom. The average Bonchev–Trinajstić information content (AvgIpc) is 2.83. The Morgan fingerprint density at radius 2 is 1.75 bits per heavy atom. The number of urea groups is 2. The molecule has 0 spiro atoms. The molecule has 2 aromatic rings. The largest absolute Gasteiger partial charge is 0.459 e. The number of aryl methyl sites for hydroxylation is 1. The van der Waals surface area contributed by atoms with Crippen LogP contribution in [-0.4, -0.2) is 35.6 Å². The van der Waals surface area contributed by atoms with Crippen molar-refractivity contribution in [2.75, 3.05) is 17.2 Å². The number of unbranched alkanes of at least 4 members (excludes halogenated alkanes) is 1. The molecule has 2 aromatic carbocycles. The Morgan fingerprint density at radius 3 is 2.39 bits per heavy atom. The number of amides is 4. The monoisotopic (exact) mass is 492 g/mol. The summed E-state index contributed by atoms with van der Waals surface area (Å²) in [5.41, 5.74) is 4.04. The van der Waals surface area contributed by atoms with Gasteiger partial charge in [-0.1, -0.05) is 44.5 Å². The van der Waals surface area contributed by atoms with Crippen LogP contribution in [0.15, 0.2) is 59.8 Å². The van der Waals surface area contributed by atoms with Crippen LogP contribution in [-0.2, 0) is 16.0 Å². The molecule has 1 unspecified atom stereocenters. The molecule has 0 radical (unpaired) electrons. The lowest BCUT2D eigenvalue weighted by Gasteiger charge is -2.35. The summed E-state index contributed by atoms with van der Waals surface area (Å²) in [5, 5.41) is 8.60. The van der Waals surface area contributed by atoms with E-state index in [1.54, 1.807) is 43.9 Å². The third kappa shape index (κ3) is 6.65. The standard InChI is InChI=1S/C28H36N4O4/c1-6-8-16-32-19(5)24(26(33)36-18(3)4)25(31-28(32)35)21-10-9-11-23(17-21)30-27(34)29-22-14-12-20(7-2)13-15-22/h9-15,17-18,25H,6-8,16H2,1-5H3,(H,31,35)(H2,29,30,34). The summed E-state index contributed by atoms with van der Waals surface area (Å²) < 4.78 is 5.52. The fraction of sp³-hybridized carbons (Fsp3) is 0.393. The minimum Gasteiger partial charge on any atom is -0.459 e. The molecule has 1 atom stereocenters. The number of hydrogen-bond donors (Lipinski definition) is 3. The first-order valence-electron chi connectivity index (χ1n) is 12.5. The van der Waals surface area contributed by atoms with Crippen molar-refractivity contribution in [2.24, 2.45) is 0 Å². The predicted molar refractivity (Wildman–Crippen MR) is 142 cm³/mol. The molecule has 8 nitrogen and oxygen atoms in total. The van der Waals surface area contributed by atoms with Crippen LogP contribution in [0.1, 0.15) is 64.6 Å². The van der Waals surface area contributed by atoms with E-state index in [0.29, 0.717) is 34.8 Å². The van der Waals surface area contributed by atoms with Crippen molar-refractivity contribution in [2.45, 2.75) is 66.0 Å². The normalized spacial score (nSPS) is 15.6. The zero-order valence-corrected chi connectivity index (χ0v) is 21.7. The van der Waals surface area contributed by atoms with Gasteiger partial charge in [-0.05, 0) is 69.0 Å². The number of hydrogen-bond acceptors (Lipinski definition) is 4. The summed E-state index contributed by atoms with van der Waals surface area (Å²) in [4.78, 5) is 40.2. The molecule has 192 valence electrons. The number of nitrogens with one attached hydrogen (secondary N) is 3. The second kappa shape index (κ2) is 12.2. The van der Waals surface area contributed by atoms with Crippen molar-refractivity contribution in [3.8, 4) is 0 Å². The Balaban J connectivity index is 1.85. The molecule has 0 saturated carbocycles. The van der Waals surface area contributed by atoms with Crippen molar-refractivity contribution in [1.29, 1.82) is 0 Å². The van der Waals surface area contributed by atoms with Crippen LogP contribution in [0.2, 0.25) is 0 Å². The molecular formula is C28H36N4O4. The summed E-state index contributed by atoms with van der Waals surface area (Å²) in [5.74, 6) is -0.472. The Bertz CT molecular complexity index is 1120. The molecule has 0 bridgehead atoms. The number of benzene rings is 2. The highest BCUT2D eigenvalue weighted by Crippen LogP contribution is 2.33. The van der Waals surface area contributed by atoms with Crippen molar-refractivity contribution in [3.05, 3.63) is 70.9 Å². The van der Waals surface area contributed by atoms with Crippen LogP contribution in [0, 0.1) is 0 Å². The smallest absolute Gasteiger partial charge is 0.338 e. The van der Waals surface area contributed by atoms with Gasteiger partial charge in [-0.15, -0.1) is 0 Å². The summed E-state index contributed by atoms with van der Waals surface area (Å²) in [6.45, 7) is 9.99. The third-order valence-electron chi connectivity index (χ3n) is 5.99. The zero-order valence-electron chi connectivity index (χ0n) is 21.7. The molecule has 36 heavy (non-hydrogen) atoms. The molecule has 0 saturated heterocycles. The lowest BCUT2D eigenvalue weighted by molar-refractivity contribution is -0.143. The molecule has 8 heteroatoms. The molecule has 3 N–H and O–H groups in total. The van der Waals surface area contributed by atoms with Crippen LogP contribution in [0.5, 0.6) is 0 Å². The van der Waals surface area contributed by atoms with Gasteiger partial charge in [0.1, 0.15) is 0 Å². The summed E-state index contributed by atoms with van der Waals surface area (Å²) in [7, 11) is 0. The lowest BCUT2D eigenvalue weighted by atomic mass is 9.94. The van der Waals surface area contributed by atoms with E-state index in [4.69, 9.17) is 4.74 Å². The number of carbonyl (C=O) groups excluding carboxylic acids is 3. The Labute approximate surface area is 213 Å². The van der Waals surface area contributed by atoms with Gasteiger partial charge in [0.25, 0.3) is 0 Å². The number of anilines is 2. The molecule has 1 heterocycles. The number of rotatable bonds is 9. The van der Waals surface area contributed by atoms with Crippen molar-refractivity contribution < 1.29 is 19.1 Å². The van der Waals surface area contributed by atoms with Gasteiger partial charge in [-0.2, -0.15) is 0 Å². The first-order chi connectivity index (χ1) is 17.2. The molecule has 0 aliphatic carbocycles. The second-order valence-electron chi connectivity index (χ2n) is 9.10. The summed E-state index contributed by atoms with van der Waals surface area (Å²) in [6, 6.07) is 13.4. The SMILES string of the molecule is CCCCN1C(=O)NC(c2cccc(NC(=O)Nc3ccc(CC)cc3)c2)C(C(=O)OC(C)C)=C1C.